The van der Waals surface area contributed by atoms with Crippen molar-refractivity contribution in [3.63, 3.8) is 0 Å². The molecule has 0 saturated heterocycles. The molecule has 5 nitrogen and oxygen atoms in total. The van der Waals surface area contributed by atoms with Crippen LogP contribution in [0.5, 0.6) is 0 Å². The molecular weight excluding hydrogens is 230 g/mol. The first-order valence-corrected chi connectivity index (χ1v) is 6.04. The zero-order valence-electron chi connectivity index (χ0n) is 8.54. The van der Waals surface area contributed by atoms with Crippen LogP contribution < -0.4 is 5.73 Å². The van der Waals surface area contributed by atoms with Gasteiger partial charge < -0.3 is 10.5 Å². The zero-order valence-corrected chi connectivity index (χ0v) is 9.43. The Hall–Kier alpha value is -1.40. The lowest BCUT2D eigenvalue weighted by atomic mass is 10.1. The third kappa shape index (κ3) is 4.41. The molecule has 0 bridgehead atoms. The molecule has 0 radical (unpaired) electrons. The number of thiol groups is 1. The molecule has 1 rings (SSSR count). The zero-order chi connectivity index (χ0) is 12.0. The van der Waals surface area contributed by atoms with Crippen molar-refractivity contribution in [3.05, 3.63) is 35.9 Å². The minimum absolute atomic E-state index is 0.329. The Bertz CT molecular complexity index is 408. The van der Waals surface area contributed by atoms with E-state index in [0.29, 0.717) is 6.42 Å². The summed E-state index contributed by atoms with van der Waals surface area (Å²) >= 11 is 0. The van der Waals surface area contributed by atoms with Gasteiger partial charge in [-0.05, 0) is 12.0 Å². The highest BCUT2D eigenvalue weighted by molar-refractivity contribution is 7.72. The molecule has 0 aliphatic carbocycles. The fourth-order valence-corrected chi connectivity index (χ4v) is 1.41. The quantitative estimate of drug-likeness (QED) is 0.546. The number of hydrogen-bond donors (Lipinski definition) is 2. The Labute approximate surface area is 95.2 Å². The van der Waals surface area contributed by atoms with Gasteiger partial charge in [-0.15, -0.1) is 0 Å². The highest BCUT2D eigenvalue weighted by atomic mass is 32.2. The smallest absolute Gasteiger partial charge is 0.324 e. The van der Waals surface area contributed by atoms with Gasteiger partial charge in [-0.3, -0.25) is 4.79 Å². The minimum atomic E-state index is -2.72. The molecule has 0 heterocycles. The Morgan fingerprint density at radius 3 is 2.50 bits per heavy atom. The monoisotopic (exact) mass is 243 g/mol. The summed E-state index contributed by atoms with van der Waals surface area (Å²) in [5.41, 5.74) is 6.47. The summed E-state index contributed by atoms with van der Waals surface area (Å²) in [4.78, 5) is 11.2. The molecule has 2 N–H and O–H groups in total. The van der Waals surface area contributed by atoms with Crippen LogP contribution in [0, 0.1) is 0 Å². The van der Waals surface area contributed by atoms with E-state index in [1.54, 1.807) is 0 Å². The molecular formula is C10H13NO4S. The molecule has 6 heteroatoms. The van der Waals surface area contributed by atoms with E-state index >= 15 is 0 Å². The minimum Gasteiger partial charge on any atom is -0.448 e. The van der Waals surface area contributed by atoms with Gasteiger partial charge in [0.25, 0.3) is 0 Å². The van der Waals surface area contributed by atoms with Gasteiger partial charge in [0.15, 0.2) is 16.6 Å². The fourth-order valence-electron chi connectivity index (χ4n) is 1.17. The van der Waals surface area contributed by atoms with Crippen LogP contribution in [0.1, 0.15) is 5.56 Å². The van der Waals surface area contributed by atoms with Crippen molar-refractivity contribution in [2.24, 2.45) is 5.73 Å². The van der Waals surface area contributed by atoms with Gasteiger partial charge in [-0.25, -0.2) is 8.42 Å². The topological polar surface area (TPSA) is 86.5 Å². The summed E-state index contributed by atoms with van der Waals surface area (Å²) in [6, 6.07) is 8.36. The van der Waals surface area contributed by atoms with Crippen LogP contribution in [-0.4, -0.2) is 26.4 Å². The van der Waals surface area contributed by atoms with Crippen LogP contribution in [0.25, 0.3) is 0 Å². The summed E-state index contributed by atoms with van der Waals surface area (Å²) in [5.74, 6) is -1.32. The van der Waals surface area contributed by atoms with Crippen molar-refractivity contribution < 1.29 is 17.9 Å². The van der Waals surface area contributed by atoms with Gasteiger partial charge in [-0.1, -0.05) is 30.3 Å². The maximum atomic E-state index is 11.2. The summed E-state index contributed by atoms with van der Waals surface area (Å²) in [5, 5.41) is 0. The van der Waals surface area contributed by atoms with Crippen LogP contribution in [0.3, 0.4) is 0 Å². The molecule has 0 aliphatic rings. The van der Waals surface area contributed by atoms with E-state index in [1.807, 2.05) is 30.3 Å². The van der Waals surface area contributed by atoms with Crippen molar-refractivity contribution in [1.82, 2.24) is 0 Å². The van der Waals surface area contributed by atoms with Gasteiger partial charge in [0.2, 0.25) is 0 Å². The number of carbonyl (C=O) groups excluding carboxylic acids is 1. The second kappa shape index (κ2) is 6.24. The normalized spacial score (nSPS) is 12.4. The number of hydrogen-bond acceptors (Lipinski definition) is 5. The number of carbonyl (C=O) groups is 1. The van der Waals surface area contributed by atoms with E-state index in [0.717, 1.165) is 5.56 Å². The molecule has 0 aliphatic heterocycles. The van der Waals surface area contributed by atoms with Crippen molar-refractivity contribution in [2.75, 3.05) is 5.94 Å². The Morgan fingerprint density at radius 1 is 1.31 bits per heavy atom. The molecule has 16 heavy (non-hydrogen) atoms. The molecule has 0 spiro atoms. The highest BCUT2D eigenvalue weighted by Crippen LogP contribution is 2.02. The number of benzene rings is 1. The van der Waals surface area contributed by atoms with Crippen LogP contribution in [0.2, 0.25) is 0 Å². The lowest BCUT2D eigenvalue weighted by molar-refractivity contribution is -0.143. The molecule has 88 valence electrons. The third-order valence-corrected chi connectivity index (χ3v) is 2.25. The molecule has 1 aromatic carbocycles. The predicted molar refractivity (Wildman–Crippen MR) is 59.4 cm³/mol. The standard InChI is InChI=1S/C10H13NO4S/c11-9(10(12)15-7-16(13)14)6-8-4-2-1-3-5-8/h1-5,9,16H,6-7,11H2/t9-/m0/s1. The van der Waals surface area contributed by atoms with Crippen LogP contribution in [0.4, 0.5) is 0 Å². The molecule has 0 amide bonds. The first-order valence-electron chi connectivity index (χ1n) is 4.67. The lowest BCUT2D eigenvalue weighted by Crippen LogP contribution is -2.34. The van der Waals surface area contributed by atoms with E-state index in [1.165, 1.54) is 0 Å². The third-order valence-electron chi connectivity index (χ3n) is 1.91. The molecule has 1 atom stereocenters. The average Bonchev–Trinajstić information content (AvgIpc) is 2.27. The molecule has 1 aromatic rings. The van der Waals surface area contributed by atoms with Gasteiger partial charge in [0.1, 0.15) is 6.04 Å². The predicted octanol–water partition coefficient (Wildman–Crippen LogP) is -0.331. The largest absolute Gasteiger partial charge is 0.448 e. The molecule has 0 saturated carbocycles. The van der Waals surface area contributed by atoms with Gasteiger partial charge in [0, 0.05) is 0 Å². The van der Waals surface area contributed by atoms with E-state index in [2.05, 4.69) is 4.74 Å². The summed E-state index contributed by atoms with van der Waals surface area (Å²) < 4.78 is 24.9. The van der Waals surface area contributed by atoms with Crippen molar-refractivity contribution in [1.29, 1.82) is 0 Å². The highest BCUT2D eigenvalue weighted by Gasteiger charge is 2.15. The van der Waals surface area contributed by atoms with Gasteiger partial charge in [0.05, 0.1) is 0 Å². The summed E-state index contributed by atoms with van der Waals surface area (Å²) in [6.07, 6.45) is 0.329. The average molecular weight is 243 g/mol. The Balaban J connectivity index is 2.46. The second-order valence-electron chi connectivity index (χ2n) is 3.22. The lowest BCUT2D eigenvalue weighted by Gasteiger charge is -2.09. The second-order valence-corrected chi connectivity index (χ2v) is 4.15. The van der Waals surface area contributed by atoms with E-state index in [4.69, 9.17) is 5.73 Å². The van der Waals surface area contributed by atoms with Crippen LogP contribution in [-0.2, 0) is 26.7 Å². The van der Waals surface area contributed by atoms with E-state index < -0.39 is 28.7 Å². The summed E-state index contributed by atoms with van der Waals surface area (Å²) in [6.45, 7) is 0. The van der Waals surface area contributed by atoms with Gasteiger partial charge >= 0.3 is 5.97 Å². The van der Waals surface area contributed by atoms with Crippen molar-refractivity contribution >= 4 is 16.7 Å². The Morgan fingerprint density at radius 2 is 1.94 bits per heavy atom. The first kappa shape index (κ1) is 12.7. The summed E-state index contributed by atoms with van der Waals surface area (Å²) in [7, 11) is -2.72. The first-order chi connectivity index (χ1) is 7.59. The number of rotatable bonds is 5. The SMILES string of the molecule is N[C@@H](Cc1ccccc1)C(=O)OC[SH](=O)=O. The molecule has 0 unspecified atom stereocenters. The maximum absolute atomic E-state index is 11.2. The number of esters is 1. The van der Waals surface area contributed by atoms with Crippen molar-refractivity contribution in [3.8, 4) is 0 Å². The van der Waals surface area contributed by atoms with E-state index in [9.17, 15) is 13.2 Å². The maximum Gasteiger partial charge on any atom is 0.324 e. The van der Waals surface area contributed by atoms with Crippen LogP contribution >= 0.6 is 0 Å². The molecule has 0 fully saturated rings. The van der Waals surface area contributed by atoms with E-state index in [-0.39, 0.29) is 0 Å². The van der Waals surface area contributed by atoms with Crippen molar-refractivity contribution in [2.45, 2.75) is 12.5 Å². The molecule has 0 aromatic heterocycles. The Kier molecular flexibility index (Phi) is 4.94. The fraction of sp³-hybridized carbons (Fsp3) is 0.300. The van der Waals surface area contributed by atoms with Crippen LogP contribution in [0.15, 0.2) is 30.3 Å². The van der Waals surface area contributed by atoms with Gasteiger partial charge in [-0.2, -0.15) is 0 Å². The number of nitrogens with two attached hydrogens (primary N) is 1. The number of ether oxygens (including phenoxy) is 1.